The van der Waals surface area contributed by atoms with Crippen molar-refractivity contribution in [1.29, 1.82) is 0 Å². The van der Waals surface area contributed by atoms with Gasteiger partial charge < -0.3 is 4.74 Å². The molecule has 0 saturated carbocycles. The van der Waals surface area contributed by atoms with Crippen LogP contribution in [0.15, 0.2) is 35.4 Å². The number of hydrogen-bond acceptors (Lipinski definition) is 6. The Morgan fingerprint density at radius 1 is 1.28 bits per heavy atom. The second kappa shape index (κ2) is 4.35. The Labute approximate surface area is 109 Å². The van der Waals surface area contributed by atoms with Crippen LogP contribution in [0.25, 0.3) is 4.96 Å². The maximum atomic E-state index is 11.5. The van der Waals surface area contributed by atoms with E-state index in [0.717, 1.165) is 0 Å². The smallest absolute Gasteiger partial charge is 0.300 e. The molecule has 6 nitrogen and oxygen atoms in total. The van der Waals surface area contributed by atoms with Gasteiger partial charge in [-0.2, -0.15) is 4.52 Å². The summed E-state index contributed by atoms with van der Waals surface area (Å²) in [6.45, 7) is 0. The minimum atomic E-state index is -0.250. The number of hydrogen-bond donors (Lipinski definition) is 0. The molecule has 3 aromatic rings. The third-order valence-electron chi connectivity index (χ3n) is 2.06. The van der Waals surface area contributed by atoms with E-state index in [9.17, 15) is 4.79 Å². The average Bonchev–Trinajstić information content (AvgIpc) is 2.76. The molecule has 0 aromatic carbocycles. The predicted octanol–water partition coefficient (Wildman–Crippen LogP) is 1.99. The molecule has 0 saturated heterocycles. The van der Waals surface area contributed by atoms with E-state index in [1.54, 1.807) is 12.1 Å². The molecule has 0 aliphatic rings. The van der Waals surface area contributed by atoms with Gasteiger partial charge in [-0.15, -0.1) is 5.10 Å². The number of fused-ring (bicyclic) bond motifs is 1. The van der Waals surface area contributed by atoms with E-state index < -0.39 is 0 Å². The van der Waals surface area contributed by atoms with Crippen molar-refractivity contribution in [3.8, 4) is 10.9 Å². The second-order valence-corrected chi connectivity index (χ2v) is 4.57. The normalized spacial score (nSPS) is 10.7. The standard InChI is InChI=1S/C10H5ClN4O2S/c11-7-2-1-6(5-13-7)17-10-14-15-8(16)3-4-12-9(15)18-10/h1-5H. The molecule has 0 bridgehead atoms. The van der Waals surface area contributed by atoms with Gasteiger partial charge in [0, 0.05) is 12.3 Å². The molecule has 0 aliphatic heterocycles. The summed E-state index contributed by atoms with van der Waals surface area (Å²) in [5.74, 6) is 0.492. The van der Waals surface area contributed by atoms with E-state index in [0.29, 0.717) is 21.1 Å². The Kier molecular flexibility index (Phi) is 2.69. The summed E-state index contributed by atoms with van der Waals surface area (Å²) >= 11 is 6.83. The predicted molar refractivity (Wildman–Crippen MR) is 66.5 cm³/mol. The number of ether oxygens (including phenoxy) is 1. The first-order valence-electron chi connectivity index (χ1n) is 4.87. The van der Waals surface area contributed by atoms with Crippen LogP contribution in [0.3, 0.4) is 0 Å². The fourth-order valence-corrected chi connectivity index (χ4v) is 2.15. The lowest BCUT2D eigenvalue weighted by atomic mass is 10.5. The molecule has 90 valence electrons. The molecular weight excluding hydrogens is 276 g/mol. The highest BCUT2D eigenvalue weighted by atomic mass is 35.5. The van der Waals surface area contributed by atoms with Gasteiger partial charge in [-0.25, -0.2) is 9.97 Å². The van der Waals surface area contributed by atoms with E-state index in [1.807, 2.05) is 0 Å². The van der Waals surface area contributed by atoms with Crippen molar-refractivity contribution >= 4 is 27.9 Å². The molecule has 0 amide bonds. The van der Waals surface area contributed by atoms with Gasteiger partial charge in [-0.05, 0) is 23.5 Å². The van der Waals surface area contributed by atoms with E-state index in [-0.39, 0.29) is 5.56 Å². The minimum absolute atomic E-state index is 0.250. The van der Waals surface area contributed by atoms with E-state index in [4.69, 9.17) is 16.3 Å². The SMILES string of the molecule is O=c1ccnc2sc(Oc3ccc(Cl)nc3)nn12. The largest absolute Gasteiger partial charge is 0.428 e. The molecule has 0 radical (unpaired) electrons. The molecule has 8 heteroatoms. The van der Waals surface area contributed by atoms with Crippen LogP contribution in [-0.2, 0) is 0 Å². The lowest BCUT2D eigenvalue weighted by molar-refractivity contribution is 0.467. The molecular formula is C10H5ClN4O2S. The highest BCUT2D eigenvalue weighted by molar-refractivity contribution is 7.18. The maximum Gasteiger partial charge on any atom is 0.300 e. The number of aromatic nitrogens is 4. The number of nitrogens with zero attached hydrogens (tertiary/aromatic N) is 4. The third kappa shape index (κ3) is 2.05. The van der Waals surface area contributed by atoms with Gasteiger partial charge in [-0.1, -0.05) is 11.6 Å². The Morgan fingerprint density at radius 2 is 2.17 bits per heavy atom. The van der Waals surface area contributed by atoms with Crippen LogP contribution in [0.5, 0.6) is 10.9 Å². The third-order valence-corrected chi connectivity index (χ3v) is 3.08. The van der Waals surface area contributed by atoms with Crippen molar-refractivity contribution in [1.82, 2.24) is 19.6 Å². The molecule has 3 heterocycles. The zero-order valence-electron chi connectivity index (χ0n) is 8.78. The van der Waals surface area contributed by atoms with Gasteiger partial charge in [0.25, 0.3) is 10.8 Å². The van der Waals surface area contributed by atoms with Crippen molar-refractivity contribution in [2.75, 3.05) is 0 Å². The zero-order chi connectivity index (χ0) is 12.5. The Morgan fingerprint density at radius 3 is 2.89 bits per heavy atom. The van der Waals surface area contributed by atoms with Crippen LogP contribution in [-0.4, -0.2) is 19.6 Å². The van der Waals surface area contributed by atoms with Crippen LogP contribution in [0, 0.1) is 0 Å². The second-order valence-electron chi connectivity index (χ2n) is 3.26. The molecule has 3 aromatic heterocycles. The van der Waals surface area contributed by atoms with Crippen LogP contribution >= 0.6 is 22.9 Å². The number of rotatable bonds is 2. The van der Waals surface area contributed by atoms with E-state index in [1.165, 1.54) is 34.3 Å². The molecule has 0 fully saturated rings. The minimum Gasteiger partial charge on any atom is -0.428 e. The lowest BCUT2D eigenvalue weighted by Crippen LogP contribution is -2.12. The number of halogens is 1. The first-order valence-corrected chi connectivity index (χ1v) is 6.06. The first-order chi connectivity index (χ1) is 8.72. The molecule has 18 heavy (non-hydrogen) atoms. The summed E-state index contributed by atoms with van der Waals surface area (Å²) < 4.78 is 6.64. The Bertz CT molecular complexity index is 752. The highest BCUT2D eigenvalue weighted by Gasteiger charge is 2.08. The fourth-order valence-electron chi connectivity index (χ4n) is 1.29. The van der Waals surface area contributed by atoms with Crippen molar-refractivity contribution in [3.05, 3.63) is 46.1 Å². The van der Waals surface area contributed by atoms with Crippen molar-refractivity contribution in [2.45, 2.75) is 0 Å². The van der Waals surface area contributed by atoms with E-state index >= 15 is 0 Å². The number of pyridine rings is 1. The molecule has 0 N–H and O–H groups in total. The van der Waals surface area contributed by atoms with E-state index in [2.05, 4.69) is 15.1 Å². The topological polar surface area (TPSA) is 69.4 Å². The monoisotopic (exact) mass is 280 g/mol. The summed E-state index contributed by atoms with van der Waals surface area (Å²) in [6, 6.07) is 4.60. The summed E-state index contributed by atoms with van der Waals surface area (Å²) in [6.07, 6.45) is 2.91. The van der Waals surface area contributed by atoms with Crippen molar-refractivity contribution in [3.63, 3.8) is 0 Å². The summed E-state index contributed by atoms with van der Waals surface area (Å²) in [5.41, 5.74) is -0.250. The van der Waals surface area contributed by atoms with Gasteiger partial charge in [0.15, 0.2) is 0 Å². The molecule has 0 spiro atoms. The van der Waals surface area contributed by atoms with Crippen LogP contribution < -0.4 is 10.3 Å². The first kappa shape index (κ1) is 11.1. The lowest BCUT2D eigenvalue weighted by Gasteiger charge is -1.98. The highest BCUT2D eigenvalue weighted by Crippen LogP contribution is 2.25. The van der Waals surface area contributed by atoms with Crippen LogP contribution in [0.2, 0.25) is 5.15 Å². The molecule has 0 unspecified atom stereocenters. The van der Waals surface area contributed by atoms with Crippen LogP contribution in [0.4, 0.5) is 0 Å². The van der Waals surface area contributed by atoms with Gasteiger partial charge in [0.1, 0.15) is 10.9 Å². The molecule has 3 rings (SSSR count). The summed E-state index contributed by atoms with van der Waals surface area (Å²) in [4.78, 5) is 19.8. The summed E-state index contributed by atoms with van der Waals surface area (Å²) in [5, 5.41) is 4.70. The van der Waals surface area contributed by atoms with Gasteiger partial charge in [0.05, 0.1) is 6.20 Å². The van der Waals surface area contributed by atoms with Gasteiger partial charge >= 0.3 is 0 Å². The Hall–Kier alpha value is -1.99. The molecule has 0 atom stereocenters. The maximum absolute atomic E-state index is 11.5. The van der Waals surface area contributed by atoms with Crippen molar-refractivity contribution in [2.24, 2.45) is 0 Å². The molecule has 0 aliphatic carbocycles. The van der Waals surface area contributed by atoms with Gasteiger partial charge in [0.2, 0.25) is 4.96 Å². The van der Waals surface area contributed by atoms with Crippen molar-refractivity contribution < 1.29 is 4.74 Å². The summed E-state index contributed by atoms with van der Waals surface area (Å²) in [7, 11) is 0. The average molecular weight is 281 g/mol. The Balaban J connectivity index is 1.98. The fraction of sp³-hybridized carbons (Fsp3) is 0. The van der Waals surface area contributed by atoms with Crippen LogP contribution in [0.1, 0.15) is 0 Å². The quantitative estimate of drug-likeness (QED) is 0.672. The van der Waals surface area contributed by atoms with Gasteiger partial charge in [-0.3, -0.25) is 4.79 Å². The zero-order valence-corrected chi connectivity index (χ0v) is 10.4.